The van der Waals surface area contributed by atoms with Crippen LogP contribution in [-0.4, -0.2) is 60.0 Å². The minimum absolute atomic E-state index is 0.00760. The third-order valence-electron chi connectivity index (χ3n) is 7.44. The van der Waals surface area contributed by atoms with Gasteiger partial charge < -0.3 is 19.7 Å². The number of ether oxygens (including phenoxy) is 1. The topological polar surface area (TPSA) is 131 Å². The minimum Gasteiger partial charge on any atom is -0.493 e. The van der Waals surface area contributed by atoms with Crippen molar-refractivity contribution in [3.63, 3.8) is 0 Å². The first-order valence-electron chi connectivity index (χ1n) is 13.8. The summed E-state index contributed by atoms with van der Waals surface area (Å²) in [7, 11) is 0. The molecule has 1 aliphatic rings. The van der Waals surface area contributed by atoms with Crippen molar-refractivity contribution < 1.29 is 19.0 Å². The van der Waals surface area contributed by atoms with E-state index in [4.69, 9.17) is 26.4 Å². The molecule has 0 spiro atoms. The summed E-state index contributed by atoms with van der Waals surface area (Å²) in [6.45, 7) is 0.272. The van der Waals surface area contributed by atoms with Crippen molar-refractivity contribution in [1.82, 2.24) is 35.0 Å². The number of hydrogen-bond donors (Lipinski definition) is 3. The number of hydrogen-bond acceptors (Lipinski definition) is 7. The van der Waals surface area contributed by atoms with Crippen LogP contribution < -0.4 is 10.1 Å². The Morgan fingerprint density at radius 2 is 2.07 bits per heavy atom. The van der Waals surface area contributed by atoms with Gasteiger partial charge in [-0.25, -0.2) is 14.4 Å². The van der Waals surface area contributed by atoms with E-state index in [-0.39, 0.29) is 37.0 Å². The Morgan fingerprint density at radius 1 is 1.19 bits per heavy atom. The van der Waals surface area contributed by atoms with Gasteiger partial charge in [0.05, 0.1) is 29.4 Å². The van der Waals surface area contributed by atoms with Crippen molar-refractivity contribution in [1.29, 1.82) is 0 Å². The molecule has 3 N–H and O–H groups in total. The maximum absolute atomic E-state index is 15.1. The quantitative estimate of drug-likeness (QED) is 0.198. The highest BCUT2D eigenvalue weighted by atomic mass is 35.5. The van der Waals surface area contributed by atoms with Crippen molar-refractivity contribution in [2.24, 2.45) is 0 Å². The number of fused-ring (bicyclic) bond motifs is 1. The number of halogens is 2. The molecule has 216 valence electrons. The van der Waals surface area contributed by atoms with Crippen molar-refractivity contribution in [3.05, 3.63) is 77.5 Å². The third-order valence-corrected chi connectivity index (χ3v) is 7.68. The summed E-state index contributed by atoms with van der Waals surface area (Å²) in [4.78, 5) is 27.0. The van der Waals surface area contributed by atoms with Crippen molar-refractivity contribution in [3.8, 4) is 28.7 Å². The van der Waals surface area contributed by atoms with Crippen LogP contribution in [0.1, 0.15) is 48.5 Å². The first-order valence-corrected chi connectivity index (χ1v) is 14.2. The smallest absolute Gasteiger partial charge is 0.255 e. The number of amides is 1. The highest BCUT2D eigenvalue weighted by Crippen LogP contribution is 2.37. The summed E-state index contributed by atoms with van der Waals surface area (Å²) in [5.41, 5.74) is 2.75. The van der Waals surface area contributed by atoms with E-state index in [1.807, 2.05) is 6.07 Å². The normalized spacial score (nSPS) is 16.9. The van der Waals surface area contributed by atoms with Crippen LogP contribution in [-0.2, 0) is 0 Å². The second-order valence-corrected chi connectivity index (χ2v) is 10.7. The van der Waals surface area contributed by atoms with E-state index >= 15 is 4.39 Å². The fourth-order valence-electron chi connectivity index (χ4n) is 5.50. The van der Waals surface area contributed by atoms with Crippen LogP contribution in [0.2, 0.25) is 5.02 Å². The molecule has 0 saturated heterocycles. The Labute approximate surface area is 245 Å². The number of aromatic amines is 1. The maximum atomic E-state index is 15.1. The molecule has 0 aliphatic heterocycles. The highest BCUT2D eigenvalue weighted by Gasteiger charge is 2.30. The zero-order valence-corrected chi connectivity index (χ0v) is 23.4. The number of carbonyl (C=O) groups is 1. The molecular weight excluding hydrogens is 561 g/mol. The van der Waals surface area contributed by atoms with Gasteiger partial charge in [-0.1, -0.05) is 23.7 Å². The Morgan fingerprint density at radius 3 is 2.88 bits per heavy atom. The predicted molar refractivity (Wildman–Crippen MR) is 156 cm³/mol. The number of aliphatic hydroxyl groups is 1. The molecular formula is C30H29ClFN7O3. The lowest BCUT2D eigenvalue weighted by Gasteiger charge is -2.32. The third kappa shape index (κ3) is 5.70. The molecule has 42 heavy (non-hydrogen) atoms. The highest BCUT2D eigenvalue weighted by molar-refractivity contribution is 6.31. The minimum atomic E-state index is -0.368. The van der Waals surface area contributed by atoms with Crippen LogP contribution in [0.3, 0.4) is 0 Å². The molecule has 3 heterocycles. The molecule has 2 atom stereocenters. The number of imidazole rings is 1. The fourth-order valence-corrected chi connectivity index (χ4v) is 5.68. The number of rotatable bonds is 9. The van der Waals surface area contributed by atoms with Crippen molar-refractivity contribution in [2.45, 2.75) is 44.2 Å². The molecule has 1 unspecified atom stereocenters. The lowest BCUT2D eigenvalue weighted by atomic mass is 9.90. The molecule has 1 saturated carbocycles. The largest absolute Gasteiger partial charge is 0.493 e. The number of nitrogens with zero attached hydrogens (tertiary/aromatic N) is 5. The zero-order chi connectivity index (χ0) is 29.1. The van der Waals surface area contributed by atoms with Gasteiger partial charge in [-0.05, 0) is 62.1 Å². The Kier molecular flexibility index (Phi) is 8.11. The van der Waals surface area contributed by atoms with Crippen LogP contribution in [0.25, 0.3) is 33.9 Å². The lowest BCUT2D eigenvalue weighted by Crippen LogP contribution is -2.39. The van der Waals surface area contributed by atoms with Crippen LogP contribution in [0.4, 0.5) is 4.39 Å². The summed E-state index contributed by atoms with van der Waals surface area (Å²) in [5, 5.41) is 19.5. The summed E-state index contributed by atoms with van der Waals surface area (Å²) in [5.74, 6) is 0.777. The van der Waals surface area contributed by atoms with E-state index in [1.165, 1.54) is 12.4 Å². The molecule has 1 fully saturated rings. The maximum Gasteiger partial charge on any atom is 0.255 e. The number of aliphatic hydroxyl groups excluding tert-OH is 1. The van der Waals surface area contributed by atoms with Gasteiger partial charge in [0.25, 0.3) is 5.91 Å². The Hall–Kier alpha value is -4.35. The molecule has 1 aliphatic carbocycles. The monoisotopic (exact) mass is 589 g/mol. The SMILES string of the molecule is O=C(NC1CCC[C@@H](n2c(-c3ccccc3F)nc3cnc(-c4ncn[nH]4)cc32)C1)c1cc(Cl)ccc1OCCCO. The second-order valence-electron chi connectivity index (χ2n) is 10.2. The number of carbonyl (C=O) groups excluding carboxylic acids is 1. The van der Waals surface area contributed by atoms with Crippen LogP contribution in [0.5, 0.6) is 5.75 Å². The van der Waals surface area contributed by atoms with E-state index < -0.39 is 0 Å². The van der Waals surface area contributed by atoms with Gasteiger partial charge in [0.2, 0.25) is 0 Å². The lowest BCUT2D eigenvalue weighted by molar-refractivity contribution is 0.0916. The van der Waals surface area contributed by atoms with Crippen LogP contribution in [0, 0.1) is 5.82 Å². The summed E-state index contributed by atoms with van der Waals surface area (Å²) >= 11 is 6.22. The molecule has 10 nitrogen and oxygen atoms in total. The standard InChI is InChI=1S/C30H29ClFN7O3/c31-18-9-10-27(42-12-4-11-40)22(13-18)30(41)36-19-5-3-6-20(14-19)39-26-15-24(28-34-17-35-38-28)33-16-25(26)37-29(39)21-7-1-2-8-23(21)32/h1-2,7-10,13,15-17,19-20,40H,3-6,11-12,14H2,(H,36,41)(H,34,35,38)/t19?,20-/m1/s1. The fraction of sp³-hybridized carbons (Fsp3) is 0.300. The number of nitrogens with one attached hydrogen (secondary N) is 2. The number of H-pyrrole nitrogens is 1. The average Bonchev–Trinajstić information content (AvgIpc) is 3.67. The van der Waals surface area contributed by atoms with Gasteiger partial charge >= 0.3 is 0 Å². The van der Waals surface area contributed by atoms with Crippen LogP contribution >= 0.6 is 11.6 Å². The van der Waals surface area contributed by atoms with Gasteiger partial charge in [-0.2, -0.15) is 5.10 Å². The number of pyridine rings is 1. The summed E-state index contributed by atoms with van der Waals surface area (Å²) < 4.78 is 22.9. The van der Waals surface area contributed by atoms with E-state index in [9.17, 15) is 4.79 Å². The Balaban J connectivity index is 1.33. The molecule has 3 aromatic heterocycles. The van der Waals surface area contributed by atoms with Crippen molar-refractivity contribution in [2.75, 3.05) is 13.2 Å². The van der Waals surface area contributed by atoms with E-state index in [1.54, 1.807) is 42.6 Å². The molecule has 6 rings (SSSR count). The second kappa shape index (κ2) is 12.3. The molecule has 2 aromatic carbocycles. The molecule has 0 bridgehead atoms. The van der Waals surface area contributed by atoms with Gasteiger partial charge in [0, 0.05) is 30.1 Å². The molecule has 1 amide bonds. The molecule has 5 aromatic rings. The average molecular weight is 590 g/mol. The van der Waals surface area contributed by atoms with Gasteiger partial charge in [0.15, 0.2) is 5.82 Å². The number of aromatic nitrogens is 6. The van der Waals surface area contributed by atoms with E-state index in [0.717, 1.165) is 24.8 Å². The van der Waals surface area contributed by atoms with Crippen molar-refractivity contribution >= 4 is 28.5 Å². The van der Waals surface area contributed by atoms with Gasteiger partial charge in [0.1, 0.15) is 34.9 Å². The van der Waals surface area contributed by atoms with Crippen LogP contribution in [0.15, 0.2) is 61.1 Å². The zero-order valence-electron chi connectivity index (χ0n) is 22.6. The molecule has 0 radical (unpaired) electrons. The summed E-state index contributed by atoms with van der Waals surface area (Å²) in [6, 6.07) is 13.2. The summed E-state index contributed by atoms with van der Waals surface area (Å²) in [6.07, 6.45) is 6.60. The predicted octanol–water partition coefficient (Wildman–Crippen LogP) is 5.35. The first-order chi connectivity index (χ1) is 20.5. The molecule has 12 heteroatoms. The van der Waals surface area contributed by atoms with E-state index in [0.29, 0.717) is 57.6 Å². The van der Waals surface area contributed by atoms with Gasteiger partial charge in [-0.15, -0.1) is 0 Å². The Bertz CT molecular complexity index is 1710. The first kappa shape index (κ1) is 27.8. The number of benzene rings is 2. The van der Waals surface area contributed by atoms with E-state index in [2.05, 4.69) is 30.0 Å². The van der Waals surface area contributed by atoms with Gasteiger partial charge in [-0.3, -0.25) is 14.9 Å².